The number of hydrogen-bond donors (Lipinski definition) is 2. The van der Waals surface area contributed by atoms with E-state index in [0.29, 0.717) is 17.7 Å². The standard InChI is InChI=1S/C13H17N3O3/c1-4-13(3,17)8-15-11-5-10(7-14)6-12(9(11)2)16(18)19/h5-6,15,17H,4,8H2,1-3H3/t13-/m0/s1. The van der Waals surface area contributed by atoms with Gasteiger partial charge < -0.3 is 10.4 Å². The van der Waals surface area contributed by atoms with Gasteiger partial charge in [0.2, 0.25) is 0 Å². The SMILES string of the molecule is CC[C@](C)(O)CNc1cc(C#N)cc([N+](=O)[O-])c1C. The molecule has 1 aromatic rings. The van der Waals surface area contributed by atoms with E-state index in [2.05, 4.69) is 5.32 Å². The maximum absolute atomic E-state index is 10.9. The van der Waals surface area contributed by atoms with Gasteiger partial charge in [0, 0.05) is 23.9 Å². The second-order valence-electron chi connectivity index (χ2n) is 4.74. The van der Waals surface area contributed by atoms with Gasteiger partial charge in [0.05, 0.1) is 22.2 Å². The summed E-state index contributed by atoms with van der Waals surface area (Å²) in [6.45, 7) is 5.40. The Labute approximate surface area is 111 Å². The van der Waals surface area contributed by atoms with Crippen LogP contribution >= 0.6 is 0 Å². The van der Waals surface area contributed by atoms with Crippen LogP contribution in [0.2, 0.25) is 0 Å². The molecule has 1 rings (SSSR count). The number of hydrogen-bond acceptors (Lipinski definition) is 5. The molecule has 1 aromatic carbocycles. The maximum Gasteiger partial charge on any atom is 0.275 e. The van der Waals surface area contributed by atoms with Gasteiger partial charge in [-0.25, -0.2) is 0 Å². The van der Waals surface area contributed by atoms with Crippen molar-refractivity contribution in [3.8, 4) is 6.07 Å². The van der Waals surface area contributed by atoms with Crippen LogP contribution in [0.4, 0.5) is 11.4 Å². The second-order valence-corrected chi connectivity index (χ2v) is 4.74. The van der Waals surface area contributed by atoms with Crippen LogP contribution in [-0.4, -0.2) is 22.2 Å². The number of nitrogens with zero attached hydrogens (tertiary/aromatic N) is 2. The van der Waals surface area contributed by atoms with Crippen molar-refractivity contribution in [3.63, 3.8) is 0 Å². The highest BCUT2D eigenvalue weighted by molar-refractivity contribution is 5.64. The van der Waals surface area contributed by atoms with E-state index >= 15 is 0 Å². The smallest absolute Gasteiger partial charge is 0.275 e. The van der Waals surface area contributed by atoms with Crippen molar-refractivity contribution in [3.05, 3.63) is 33.4 Å². The summed E-state index contributed by atoms with van der Waals surface area (Å²) in [6, 6.07) is 4.69. The lowest BCUT2D eigenvalue weighted by Crippen LogP contribution is -2.32. The zero-order valence-corrected chi connectivity index (χ0v) is 11.2. The Balaban J connectivity index is 3.11. The summed E-state index contributed by atoms with van der Waals surface area (Å²) >= 11 is 0. The number of aliphatic hydroxyl groups is 1. The van der Waals surface area contributed by atoms with Crippen LogP contribution in [-0.2, 0) is 0 Å². The Morgan fingerprint density at radius 1 is 1.58 bits per heavy atom. The Morgan fingerprint density at radius 2 is 2.21 bits per heavy atom. The van der Waals surface area contributed by atoms with Gasteiger partial charge in [-0.1, -0.05) is 6.92 Å². The van der Waals surface area contributed by atoms with Gasteiger partial charge in [-0.15, -0.1) is 0 Å². The van der Waals surface area contributed by atoms with Crippen LogP contribution in [0.1, 0.15) is 31.4 Å². The molecule has 0 unspecified atom stereocenters. The predicted molar refractivity (Wildman–Crippen MR) is 72.0 cm³/mol. The third-order valence-electron chi connectivity index (χ3n) is 3.13. The molecule has 0 saturated heterocycles. The van der Waals surface area contributed by atoms with Crippen LogP contribution in [0.15, 0.2) is 12.1 Å². The summed E-state index contributed by atoms with van der Waals surface area (Å²) in [5.41, 5.74) is 0.174. The van der Waals surface area contributed by atoms with Gasteiger partial charge in [-0.2, -0.15) is 5.26 Å². The molecule has 0 fully saturated rings. The van der Waals surface area contributed by atoms with E-state index in [4.69, 9.17) is 5.26 Å². The minimum atomic E-state index is -0.899. The molecular formula is C13H17N3O3. The van der Waals surface area contributed by atoms with Gasteiger partial charge >= 0.3 is 0 Å². The molecule has 0 radical (unpaired) electrons. The van der Waals surface area contributed by atoms with E-state index in [1.807, 2.05) is 13.0 Å². The van der Waals surface area contributed by atoms with Gasteiger partial charge in [-0.05, 0) is 26.3 Å². The molecule has 0 bridgehead atoms. The van der Waals surface area contributed by atoms with Gasteiger partial charge in [0.25, 0.3) is 5.69 Å². The van der Waals surface area contributed by atoms with Crippen LogP contribution < -0.4 is 5.32 Å². The molecule has 6 heteroatoms. The molecule has 0 aliphatic carbocycles. The zero-order valence-electron chi connectivity index (χ0n) is 11.2. The van der Waals surface area contributed by atoms with Crippen molar-refractivity contribution in [2.45, 2.75) is 32.8 Å². The molecule has 1 atom stereocenters. The summed E-state index contributed by atoms with van der Waals surface area (Å²) in [4.78, 5) is 10.4. The Bertz CT molecular complexity index is 533. The molecular weight excluding hydrogens is 246 g/mol. The van der Waals surface area contributed by atoms with Gasteiger partial charge in [-0.3, -0.25) is 10.1 Å². The number of nitriles is 1. The molecule has 6 nitrogen and oxygen atoms in total. The normalized spacial score (nSPS) is 13.4. The molecule has 102 valence electrons. The number of anilines is 1. The number of nitro groups is 1. The molecule has 0 aromatic heterocycles. The summed E-state index contributed by atoms with van der Waals surface area (Å²) in [6.07, 6.45) is 0.555. The fourth-order valence-electron chi connectivity index (χ4n) is 1.55. The lowest BCUT2D eigenvalue weighted by molar-refractivity contribution is -0.385. The summed E-state index contributed by atoms with van der Waals surface area (Å²) in [5.74, 6) is 0. The molecule has 0 spiro atoms. The first kappa shape index (κ1) is 14.9. The predicted octanol–water partition coefficient (Wildman–Crippen LogP) is 2.35. The molecule has 0 aliphatic rings. The number of benzene rings is 1. The minimum Gasteiger partial charge on any atom is -0.388 e. The molecule has 0 aliphatic heterocycles. The highest BCUT2D eigenvalue weighted by Gasteiger charge is 2.20. The fraction of sp³-hybridized carbons (Fsp3) is 0.462. The summed E-state index contributed by atoms with van der Waals surface area (Å²) < 4.78 is 0. The quantitative estimate of drug-likeness (QED) is 0.627. The minimum absolute atomic E-state index is 0.0994. The zero-order chi connectivity index (χ0) is 14.6. The molecule has 0 saturated carbocycles. The Morgan fingerprint density at radius 3 is 2.68 bits per heavy atom. The van der Waals surface area contributed by atoms with Crippen molar-refractivity contribution < 1.29 is 10.0 Å². The average molecular weight is 263 g/mol. The van der Waals surface area contributed by atoms with Crippen molar-refractivity contribution in [2.75, 3.05) is 11.9 Å². The molecule has 19 heavy (non-hydrogen) atoms. The highest BCUT2D eigenvalue weighted by atomic mass is 16.6. The van der Waals surface area contributed by atoms with Crippen molar-refractivity contribution in [1.82, 2.24) is 0 Å². The summed E-state index contributed by atoms with van der Waals surface area (Å²) in [5, 5.41) is 32.7. The van der Waals surface area contributed by atoms with Crippen LogP contribution in [0.5, 0.6) is 0 Å². The Hall–Kier alpha value is -2.13. The molecule has 0 amide bonds. The van der Waals surface area contributed by atoms with Crippen molar-refractivity contribution >= 4 is 11.4 Å². The number of nitrogens with one attached hydrogen (secondary N) is 1. The first-order valence-corrected chi connectivity index (χ1v) is 5.96. The van der Waals surface area contributed by atoms with Gasteiger partial charge in [0.1, 0.15) is 0 Å². The lowest BCUT2D eigenvalue weighted by atomic mass is 10.0. The second kappa shape index (κ2) is 5.67. The number of rotatable bonds is 5. The van der Waals surface area contributed by atoms with E-state index in [-0.39, 0.29) is 17.8 Å². The van der Waals surface area contributed by atoms with Gasteiger partial charge in [0.15, 0.2) is 0 Å². The average Bonchev–Trinajstić information content (AvgIpc) is 2.37. The monoisotopic (exact) mass is 263 g/mol. The molecule has 2 N–H and O–H groups in total. The number of nitro benzene ring substituents is 1. The van der Waals surface area contributed by atoms with Crippen molar-refractivity contribution in [2.24, 2.45) is 0 Å². The van der Waals surface area contributed by atoms with Crippen molar-refractivity contribution in [1.29, 1.82) is 5.26 Å². The first-order valence-electron chi connectivity index (χ1n) is 5.96. The van der Waals surface area contributed by atoms with E-state index in [1.165, 1.54) is 6.07 Å². The van der Waals surface area contributed by atoms with Crippen LogP contribution in [0, 0.1) is 28.4 Å². The maximum atomic E-state index is 10.9. The first-order chi connectivity index (χ1) is 8.80. The highest BCUT2D eigenvalue weighted by Crippen LogP contribution is 2.28. The topological polar surface area (TPSA) is 99.2 Å². The lowest BCUT2D eigenvalue weighted by Gasteiger charge is -2.23. The van der Waals surface area contributed by atoms with Crippen LogP contribution in [0.3, 0.4) is 0 Å². The van der Waals surface area contributed by atoms with E-state index in [1.54, 1.807) is 19.9 Å². The summed E-state index contributed by atoms with van der Waals surface area (Å²) in [7, 11) is 0. The van der Waals surface area contributed by atoms with E-state index in [9.17, 15) is 15.2 Å². The van der Waals surface area contributed by atoms with E-state index in [0.717, 1.165) is 0 Å². The molecule has 0 heterocycles. The third-order valence-corrected chi connectivity index (χ3v) is 3.13. The van der Waals surface area contributed by atoms with E-state index < -0.39 is 10.5 Å². The third kappa shape index (κ3) is 3.66. The Kier molecular flexibility index (Phi) is 4.46. The largest absolute Gasteiger partial charge is 0.388 e. The van der Waals surface area contributed by atoms with Crippen LogP contribution in [0.25, 0.3) is 0 Å². The fourth-order valence-corrected chi connectivity index (χ4v) is 1.55.